The van der Waals surface area contributed by atoms with Gasteiger partial charge in [0.1, 0.15) is 11.9 Å². The lowest BCUT2D eigenvalue weighted by molar-refractivity contribution is 0.627. The van der Waals surface area contributed by atoms with Gasteiger partial charge in [0.15, 0.2) is 0 Å². The molecular weight excluding hydrogens is 193 g/mol. The fourth-order valence-electron chi connectivity index (χ4n) is 1.89. The zero-order chi connectivity index (χ0) is 10.8. The van der Waals surface area contributed by atoms with Gasteiger partial charge in [0, 0.05) is 18.8 Å². The highest BCUT2D eigenvalue weighted by atomic mass is 19.1. The first kappa shape index (κ1) is 9.94. The second-order valence-corrected chi connectivity index (χ2v) is 3.70. The van der Waals surface area contributed by atoms with E-state index in [1.54, 1.807) is 6.07 Å². The summed E-state index contributed by atoms with van der Waals surface area (Å²) in [6.07, 6.45) is 0.897. The third-order valence-electron chi connectivity index (χ3n) is 2.62. The minimum Gasteiger partial charge on any atom is -0.368 e. The zero-order valence-corrected chi connectivity index (χ0v) is 8.28. The number of halogens is 1. The van der Waals surface area contributed by atoms with Crippen LogP contribution in [0.4, 0.5) is 10.1 Å². The normalized spacial score (nSPS) is 15.9. The zero-order valence-electron chi connectivity index (χ0n) is 8.28. The highest BCUT2D eigenvalue weighted by molar-refractivity contribution is 5.58. The molecule has 0 bridgehead atoms. The van der Waals surface area contributed by atoms with Crippen molar-refractivity contribution >= 4 is 5.69 Å². The Hall–Kier alpha value is -1.60. The van der Waals surface area contributed by atoms with Gasteiger partial charge >= 0.3 is 0 Å². The van der Waals surface area contributed by atoms with E-state index in [1.165, 1.54) is 12.1 Å². The molecule has 1 aliphatic rings. The quantitative estimate of drug-likeness (QED) is 0.784. The molecule has 0 aliphatic carbocycles. The van der Waals surface area contributed by atoms with E-state index in [0.717, 1.165) is 24.2 Å². The number of nitriles is 1. The van der Waals surface area contributed by atoms with Crippen molar-refractivity contribution in [1.82, 2.24) is 0 Å². The largest absolute Gasteiger partial charge is 0.368 e. The van der Waals surface area contributed by atoms with Crippen LogP contribution in [0.25, 0.3) is 0 Å². The Balaban J connectivity index is 2.21. The Morgan fingerprint density at radius 3 is 3.13 bits per heavy atom. The number of hydrogen-bond acceptors (Lipinski definition) is 3. The van der Waals surface area contributed by atoms with E-state index in [2.05, 4.69) is 0 Å². The van der Waals surface area contributed by atoms with Crippen molar-refractivity contribution in [2.24, 2.45) is 5.73 Å². The topological polar surface area (TPSA) is 53.1 Å². The van der Waals surface area contributed by atoms with Gasteiger partial charge < -0.3 is 10.6 Å². The standard InChI is InChI=1S/C11H12FN3/c12-9-2-1-8-3-4-15(11(8)5-9)7-10(14)6-13/h1-2,5,10H,3-4,7,14H2. The van der Waals surface area contributed by atoms with Gasteiger partial charge in [0.05, 0.1) is 6.07 Å². The molecule has 0 spiro atoms. The minimum absolute atomic E-state index is 0.244. The number of rotatable bonds is 2. The van der Waals surface area contributed by atoms with Crippen molar-refractivity contribution in [3.05, 3.63) is 29.6 Å². The Morgan fingerprint density at radius 1 is 1.60 bits per heavy atom. The van der Waals surface area contributed by atoms with Crippen molar-refractivity contribution < 1.29 is 4.39 Å². The van der Waals surface area contributed by atoms with E-state index < -0.39 is 6.04 Å². The summed E-state index contributed by atoms with van der Waals surface area (Å²) < 4.78 is 13.0. The van der Waals surface area contributed by atoms with Crippen LogP contribution in [0.5, 0.6) is 0 Å². The van der Waals surface area contributed by atoms with Gasteiger partial charge in [-0.05, 0) is 24.1 Å². The highest BCUT2D eigenvalue weighted by Gasteiger charge is 2.20. The molecule has 15 heavy (non-hydrogen) atoms. The van der Waals surface area contributed by atoms with Crippen molar-refractivity contribution in [2.45, 2.75) is 12.5 Å². The maximum atomic E-state index is 13.0. The molecule has 0 amide bonds. The second kappa shape index (κ2) is 3.87. The first-order valence-corrected chi connectivity index (χ1v) is 4.89. The molecule has 2 N–H and O–H groups in total. The summed E-state index contributed by atoms with van der Waals surface area (Å²) in [5.74, 6) is -0.244. The van der Waals surface area contributed by atoms with Crippen LogP contribution in [0, 0.1) is 17.1 Å². The summed E-state index contributed by atoms with van der Waals surface area (Å²) in [7, 11) is 0. The number of nitrogens with two attached hydrogens (primary N) is 1. The lowest BCUT2D eigenvalue weighted by Crippen LogP contribution is -2.35. The van der Waals surface area contributed by atoms with Gasteiger partial charge in [0.25, 0.3) is 0 Å². The number of benzene rings is 1. The van der Waals surface area contributed by atoms with Crippen molar-refractivity contribution in [1.29, 1.82) is 5.26 Å². The van der Waals surface area contributed by atoms with E-state index in [9.17, 15) is 4.39 Å². The molecule has 1 aromatic carbocycles. The summed E-state index contributed by atoms with van der Waals surface area (Å²) in [6.45, 7) is 1.28. The summed E-state index contributed by atoms with van der Waals surface area (Å²) in [6, 6.07) is 6.23. The molecular formula is C11H12FN3. The van der Waals surface area contributed by atoms with Gasteiger partial charge in [-0.25, -0.2) is 4.39 Å². The van der Waals surface area contributed by atoms with E-state index in [1.807, 2.05) is 11.0 Å². The maximum Gasteiger partial charge on any atom is 0.125 e. The van der Waals surface area contributed by atoms with Crippen LogP contribution in [0.1, 0.15) is 5.56 Å². The molecule has 1 atom stereocenters. The predicted octanol–water partition coefficient (Wildman–Crippen LogP) is 1.04. The third kappa shape index (κ3) is 1.92. The van der Waals surface area contributed by atoms with Crippen LogP contribution in [0.3, 0.4) is 0 Å². The number of nitrogens with zero attached hydrogens (tertiary/aromatic N) is 2. The lowest BCUT2D eigenvalue weighted by Gasteiger charge is -2.20. The Morgan fingerprint density at radius 2 is 2.40 bits per heavy atom. The van der Waals surface area contributed by atoms with Gasteiger partial charge in [-0.15, -0.1) is 0 Å². The molecule has 0 saturated heterocycles. The molecule has 0 fully saturated rings. The second-order valence-electron chi connectivity index (χ2n) is 3.70. The van der Waals surface area contributed by atoms with Crippen molar-refractivity contribution in [3.8, 4) is 6.07 Å². The van der Waals surface area contributed by atoms with Crippen molar-refractivity contribution in [3.63, 3.8) is 0 Å². The van der Waals surface area contributed by atoms with Crippen LogP contribution < -0.4 is 10.6 Å². The van der Waals surface area contributed by atoms with E-state index in [-0.39, 0.29) is 5.82 Å². The fourth-order valence-corrected chi connectivity index (χ4v) is 1.89. The first-order chi connectivity index (χ1) is 7.20. The van der Waals surface area contributed by atoms with E-state index >= 15 is 0 Å². The molecule has 2 rings (SSSR count). The monoisotopic (exact) mass is 205 g/mol. The predicted molar refractivity (Wildman–Crippen MR) is 55.9 cm³/mol. The summed E-state index contributed by atoms with van der Waals surface area (Å²) in [4.78, 5) is 1.96. The van der Waals surface area contributed by atoms with E-state index in [4.69, 9.17) is 11.0 Å². The lowest BCUT2D eigenvalue weighted by atomic mass is 10.1. The number of anilines is 1. The van der Waals surface area contributed by atoms with Crippen LogP contribution in [-0.4, -0.2) is 19.1 Å². The van der Waals surface area contributed by atoms with Crippen LogP contribution in [0.15, 0.2) is 18.2 Å². The average molecular weight is 205 g/mol. The van der Waals surface area contributed by atoms with Crippen molar-refractivity contribution in [2.75, 3.05) is 18.0 Å². The van der Waals surface area contributed by atoms with Crippen LogP contribution >= 0.6 is 0 Å². The molecule has 1 aromatic rings. The highest BCUT2D eigenvalue weighted by Crippen LogP contribution is 2.28. The summed E-state index contributed by atoms with van der Waals surface area (Å²) in [5, 5.41) is 8.62. The fraction of sp³-hybridized carbons (Fsp3) is 0.364. The van der Waals surface area contributed by atoms with Gasteiger partial charge in [-0.3, -0.25) is 0 Å². The Kier molecular flexibility index (Phi) is 2.57. The molecule has 1 heterocycles. The van der Waals surface area contributed by atoms with Crippen LogP contribution in [0.2, 0.25) is 0 Å². The van der Waals surface area contributed by atoms with Crippen LogP contribution in [-0.2, 0) is 6.42 Å². The summed E-state index contributed by atoms with van der Waals surface area (Å²) >= 11 is 0. The Labute approximate surface area is 87.9 Å². The van der Waals surface area contributed by atoms with Gasteiger partial charge in [-0.1, -0.05) is 6.07 Å². The minimum atomic E-state index is -0.515. The molecule has 78 valence electrons. The molecule has 3 nitrogen and oxygen atoms in total. The molecule has 1 aliphatic heterocycles. The van der Waals surface area contributed by atoms with Gasteiger partial charge in [-0.2, -0.15) is 5.26 Å². The Bertz CT molecular complexity index is 411. The molecule has 0 saturated carbocycles. The average Bonchev–Trinajstić information content (AvgIpc) is 2.61. The molecule has 4 heteroatoms. The third-order valence-corrected chi connectivity index (χ3v) is 2.62. The first-order valence-electron chi connectivity index (χ1n) is 4.89. The maximum absolute atomic E-state index is 13.0. The summed E-state index contributed by atoms with van der Waals surface area (Å²) in [5.41, 5.74) is 7.55. The molecule has 1 unspecified atom stereocenters. The van der Waals surface area contributed by atoms with E-state index in [0.29, 0.717) is 6.54 Å². The molecule has 0 radical (unpaired) electrons. The SMILES string of the molecule is N#CC(N)CN1CCc2ccc(F)cc21. The molecule has 0 aromatic heterocycles. The van der Waals surface area contributed by atoms with Gasteiger partial charge in [0.2, 0.25) is 0 Å². The number of fused-ring (bicyclic) bond motifs is 1. The number of hydrogen-bond donors (Lipinski definition) is 1. The smallest absolute Gasteiger partial charge is 0.125 e.